The van der Waals surface area contributed by atoms with E-state index in [1.807, 2.05) is 0 Å². The number of likely N-dealkylation sites (tertiary alicyclic amines) is 1. The lowest BCUT2D eigenvalue weighted by molar-refractivity contribution is -0.123. The number of aliphatic hydroxyl groups excluding tert-OH is 1. The normalized spacial score (nSPS) is 17.8. The van der Waals surface area contributed by atoms with E-state index in [0.717, 1.165) is 12.8 Å². The number of piperidine rings is 1. The SMILES string of the molecule is NC(=O)C1CCCN(C(=O)c2ccccc2C#CCO)C1. The van der Waals surface area contributed by atoms with Crippen molar-refractivity contribution in [3.8, 4) is 11.8 Å². The van der Waals surface area contributed by atoms with Crippen LogP contribution in [0.4, 0.5) is 0 Å². The molecule has 1 aliphatic heterocycles. The third-order valence-corrected chi connectivity index (χ3v) is 3.57. The Morgan fingerprint density at radius 1 is 1.38 bits per heavy atom. The van der Waals surface area contributed by atoms with Crippen molar-refractivity contribution < 1.29 is 14.7 Å². The van der Waals surface area contributed by atoms with Gasteiger partial charge in [0.15, 0.2) is 0 Å². The second-order valence-corrected chi connectivity index (χ2v) is 5.00. The molecule has 1 aromatic rings. The second-order valence-electron chi connectivity index (χ2n) is 5.00. The molecule has 0 saturated carbocycles. The molecule has 1 heterocycles. The van der Waals surface area contributed by atoms with Gasteiger partial charge in [0.2, 0.25) is 5.91 Å². The number of hydrogen-bond acceptors (Lipinski definition) is 3. The molecule has 1 saturated heterocycles. The summed E-state index contributed by atoms with van der Waals surface area (Å²) < 4.78 is 0. The van der Waals surface area contributed by atoms with Crippen LogP contribution in [0.5, 0.6) is 0 Å². The number of benzene rings is 1. The first-order valence-corrected chi connectivity index (χ1v) is 6.91. The molecule has 1 fully saturated rings. The minimum atomic E-state index is -0.360. The summed E-state index contributed by atoms with van der Waals surface area (Å²) in [5.74, 6) is 4.54. The van der Waals surface area contributed by atoms with E-state index in [1.54, 1.807) is 29.2 Å². The zero-order chi connectivity index (χ0) is 15.2. The quantitative estimate of drug-likeness (QED) is 0.770. The zero-order valence-electron chi connectivity index (χ0n) is 11.7. The van der Waals surface area contributed by atoms with Crippen LogP contribution < -0.4 is 5.73 Å². The van der Waals surface area contributed by atoms with Crippen molar-refractivity contribution in [3.05, 3.63) is 35.4 Å². The van der Waals surface area contributed by atoms with E-state index in [-0.39, 0.29) is 24.3 Å². The number of aliphatic hydroxyl groups is 1. The van der Waals surface area contributed by atoms with Gasteiger partial charge in [-0.1, -0.05) is 24.0 Å². The number of carbonyl (C=O) groups excluding carboxylic acids is 2. The van der Waals surface area contributed by atoms with Crippen LogP contribution in [-0.2, 0) is 4.79 Å². The summed E-state index contributed by atoms with van der Waals surface area (Å²) in [6.45, 7) is 0.719. The highest BCUT2D eigenvalue weighted by Crippen LogP contribution is 2.19. The minimum Gasteiger partial charge on any atom is -0.384 e. The molecule has 0 aliphatic carbocycles. The van der Waals surface area contributed by atoms with E-state index < -0.39 is 0 Å². The Kier molecular flexibility index (Phi) is 4.96. The fraction of sp³-hybridized carbons (Fsp3) is 0.375. The first-order valence-electron chi connectivity index (χ1n) is 6.91. The highest BCUT2D eigenvalue weighted by molar-refractivity contribution is 5.97. The minimum absolute atomic E-state index is 0.149. The Labute approximate surface area is 123 Å². The molecule has 21 heavy (non-hydrogen) atoms. The molecule has 2 amide bonds. The maximum absolute atomic E-state index is 12.6. The zero-order valence-corrected chi connectivity index (χ0v) is 11.7. The summed E-state index contributed by atoms with van der Waals surface area (Å²) in [5.41, 5.74) is 6.41. The van der Waals surface area contributed by atoms with E-state index in [1.165, 1.54) is 0 Å². The van der Waals surface area contributed by atoms with Crippen LogP contribution in [0, 0.1) is 17.8 Å². The number of nitrogens with two attached hydrogens (primary N) is 1. The van der Waals surface area contributed by atoms with E-state index in [2.05, 4.69) is 11.8 Å². The van der Waals surface area contributed by atoms with Crippen molar-refractivity contribution in [3.63, 3.8) is 0 Å². The standard InChI is InChI=1S/C16H18N2O3/c17-15(20)13-6-3-9-18(11-13)16(21)14-8-2-1-5-12(14)7-4-10-19/h1-2,5,8,13,19H,3,6,9-11H2,(H2,17,20). The maximum atomic E-state index is 12.6. The molecule has 0 radical (unpaired) electrons. The van der Waals surface area contributed by atoms with E-state index in [0.29, 0.717) is 24.2 Å². The van der Waals surface area contributed by atoms with Crippen molar-refractivity contribution in [2.24, 2.45) is 11.7 Å². The van der Waals surface area contributed by atoms with Crippen LogP contribution in [0.25, 0.3) is 0 Å². The Bertz CT molecular complexity index is 601. The Morgan fingerprint density at radius 2 is 2.14 bits per heavy atom. The average molecular weight is 286 g/mol. The first kappa shape index (κ1) is 15.1. The van der Waals surface area contributed by atoms with Gasteiger partial charge < -0.3 is 15.7 Å². The Balaban J connectivity index is 2.22. The van der Waals surface area contributed by atoms with Gasteiger partial charge in [0.1, 0.15) is 6.61 Å². The lowest BCUT2D eigenvalue weighted by atomic mass is 9.96. The smallest absolute Gasteiger partial charge is 0.255 e. The Morgan fingerprint density at radius 3 is 2.86 bits per heavy atom. The van der Waals surface area contributed by atoms with Crippen molar-refractivity contribution in [1.29, 1.82) is 0 Å². The molecule has 110 valence electrons. The van der Waals surface area contributed by atoms with Gasteiger partial charge in [-0.15, -0.1) is 0 Å². The number of amides is 2. The molecule has 1 aromatic carbocycles. The van der Waals surface area contributed by atoms with E-state index >= 15 is 0 Å². The van der Waals surface area contributed by atoms with Gasteiger partial charge >= 0.3 is 0 Å². The van der Waals surface area contributed by atoms with Crippen molar-refractivity contribution >= 4 is 11.8 Å². The monoisotopic (exact) mass is 286 g/mol. The Hall–Kier alpha value is -2.32. The highest BCUT2D eigenvalue weighted by Gasteiger charge is 2.28. The number of hydrogen-bond donors (Lipinski definition) is 2. The fourth-order valence-electron chi connectivity index (χ4n) is 2.48. The summed E-state index contributed by atoms with van der Waals surface area (Å²) >= 11 is 0. The summed E-state index contributed by atoms with van der Waals surface area (Å²) in [6, 6.07) is 7.01. The summed E-state index contributed by atoms with van der Waals surface area (Å²) in [6.07, 6.45) is 1.49. The molecule has 5 heteroatoms. The number of primary amides is 1. The van der Waals surface area contributed by atoms with Gasteiger partial charge in [-0.3, -0.25) is 9.59 Å². The average Bonchev–Trinajstić information content (AvgIpc) is 2.52. The van der Waals surface area contributed by atoms with Gasteiger partial charge in [0.25, 0.3) is 5.91 Å². The van der Waals surface area contributed by atoms with Gasteiger partial charge in [0.05, 0.1) is 11.5 Å². The summed E-state index contributed by atoms with van der Waals surface area (Å²) in [4.78, 5) is 25.5. The molecule has 3 N–H and O–H groups in total. The maximum Gasteiger partial charge on any atom is 0.255 e. The van der Waals surface area contributed by atoms with E-state index in [9.17, 15) is 9.59 Å². The third-order valence-electron chi connectivity index (χ3n) is 3.57. The lowest BCUT2D eigenvalue weighted by Crippen LogP contribution is -2.44. The predicted molar refractivity (Wildman–Crippen MR) is 78.2 cm³/mol. The lowest BCUT2D eigenvalue weighted by Gasteiger charge is -2.31. The van der Waals surface area contributed by atoms with Crippen LogP contribution in [-0.4, -0.2) is 41.5 Å². The molecule has 0 bridgehead atoms. The predicted octanol–water partition coefficient (Wildman–Crippen LogP) is 0.368. The first-order chi connectivity index (χ1) is 10.1. The number of carbonyl (C=O) groups is 2. The summed E-state index contributed by atoms with van der Waals surface area (Å²) in [7, 11) is 0. The van der Waals surface area contributed by atoms with Crippen LogP contribution in [0.3, 0.4) is 0 Å². The largest absolute Gasteiger partial charge is 0.384 e. The van der Waals surface area contributed by atoms with Crippen molar-refractivity contribution in [1.82, 2.24) is 4.90 Å². The number of nitrogens with zero attached hydrogens (tertiary/aromatic N) is 1. The van der Waals surface area contributed by atoms with Crippen molar-refractivity contribution in [2.45, 2.75) is 12.8 Å². The van der Waals surface area contributed by atoms with Crippen LogP contribution in [0.15, 0.2) is 24.3 Å². The molecule has 0 aromatic heterocycles. The topological polar surface area (TPSA) is 83.6 Å². The van der Waals surface area contributed by atoms with Gasteiger partial charge in [-0.05, 0) is 25.0 Å². The van der Waals surface area contributed by atoms with Gasteiger partial charge in [-0.25, -0.2) is 0 Å². The van der Waals surface area contributed by atoms with Crippen molar-refractivity contribution in [2.75, 3.05) is 19.7 Å². The van der Waals surface area contributed by atoms with E-state index in [4.69, 9.17) is 10.8 Å². The fourth-order valence-corrected chi connectivity index (χ4v) is 2.48. The van der Waals surface area contributed by atoms with Gasteiger partial charge in [0, 0.05) is 18.7 Å². The third kappa shape index (κ3) is 3.61. The summed E-state index contributed by atoms with van der Waals surface area (Å²) in [5, 5.41) is 8.78. The molecule has 2 rings (SSSR count). The molecule has 0 spiro atoms. The van der Waals surface area contributed by atoms with Gasteiger partial charge in [-0.2, -0.15) is 0 Å². The molecule has 5 nitrogen and oxygen atoms in total. The van der Waals surface area contributed by atoms with Crippen LogP contribution in [0.2, 0.25) is 0 Å². The molecule has 1 atom stereocenters. The molecule has 1 aliphatic rings. The molecule has 1 unspecified atom stereocenters. The second kappa shape index (κ2) is 6.91. The molecular weight excluding hydrogens is 268 g/mol. The molecular formula is C16H18N2O3. The number of rotatable bonds is 2. The highest BCUT2D eigenvalue weighted by atomic mass is 16.2. The van der Waals surface area contributed by atoms with Crippen LogP contribution in [0.1, 0.15) is 28.8 Å². The van der Waals surface area contributed by atoms with Crippen LogP contribution >= 0.6 is 0 Å².